The number of methoxy groups -OCH3 is 1. The Balaban J connectivity index is 1.48. The molecule has 152 valence electrons. The molecule has 6 nitrogen and oxygen atoms in total. The van der Waals surface area contributed by atoms with Gasteiger partial charge >= 0.3 is 0 Å². The van der Waals surface area contributed by atoms with Crippen molar-refractivity contribution < 1.29 is 9.53 Å². The number of benzene rings is 2. The number of carbonyl (C=O) groups excluding carboxylic acids is 1. The predicted molar refractivity (Wildman–Crippen MR) is 120 cm³/mol. The molecule has 0 saturated carbocycles. The van der Waals surface area contributed by atoms with Crippen molar-refractivity contribution in [1.29, 1.82) is 0 Å². The third kappa shape index (κ3) is 3.01. The summed E-state index contributed by atoms with van der Waals surface area (Å²) < 4.78 is 7.43. The number of aryl methyl sites for hydroxylation is 1. The van der Waals surface area contributed by atoms with Crippen LogP contribution in [0.5, 0.6) is 5.75 Å². The van der Waals surface area contributed by atoms with Crippen molar-refractivity contribution in [2.45, 2.75) is 31.5 Å². The lowest BCUT2D eigenvalue weighted by Crippen LogP contribution is -2.37. The third-order valence-electron chi connectivity index (χ3n) is 5.64. The average Bonchev–Trinajstić information content (AvgIpc) is 3.33. The van der Waals surface area contributed by atoms with Gasteiger partial charge in [0, 0.05) is 17.8 Å². The zero-order valence-electron chi connectivity index (χ0n) is 17.1. The molecule has 0 radical (unpaired) electrons. The van der Waals surface area contributed by atoms with E-state index in [4.69, 9.17) is 4.74 Å². The number of hydrogen-bond acceptors (Lipinski definition) is 5. The molecule has 1 amide bonds. The molecule has 0 fully saturated rings. The van der Waals surface area contributed by atoms with Gasteiger partial charge in [-0.3, -0.25) is 9.20 Å². The number of ether oxygens (including phenoxy) is 1. The van der Waals surface area contributed by atoms with Crippen LogP contribution in [0.25, 0.3) is 16.6 Å². The molecule has 30 heavy (non-hydrogen) atoms. The Labute approximate surface area is 178 Å². The van der Waals surface area contributed by atoms with E-state index in [0.717, 1.165) is 40.0 Å². The Hall–Kier alpha value is -3.06. The van der Waals surface area contributed by atoms with Crippen molar-refractivity contribution in [3.05, 3.63) is 59.7 Å². The molecule has 1 atom stereocenters. The first-order chi connectivity index (χ1) is 14.6. The number of hydrogen-bond donors (Lipinski definition) is 0. The zero-order chi connectivity index (χ0) is 20.8. The lowest BCUT2D eigenvalue weighted by molar-refractivity contribution is -0.116. The third-order valence-corrected chi connectivity index (χ3v) is 6.55. The quantitative estimate of drug-likeness (QED) is 0.463. The van der Waals surface area contributed by atoms with Gasteiger partial charge in [-0.1, -0.05) is 30.0 Å². The summed E-state index contributed by atoms with van der Waals surface area (Å²) in [5, 5.41) is 10.6. The van der Waals surface area contributed by atoms with Gasteiger partial charge in [0.05, 0.1) is 18.4 Å². The summed E-state index contributed by atoms with van der Waals surface area (Å²) in [5.74, 6) is 1.17. The summed E-state index contributed by atoms with van der Waals surface area (Å²) in [5.41, 5.74) is 5.05. The maximum Gasteiger partial charge on any atom is 0.237 e. The van der Waals surface area contributed by atoms with E-state index < -0.39 is 0 Å². The molecule has 1 aliphatic rings. The van der Waals surface area contributed by atoms with Crippen LogP contribution >= 0.6 is 11.8 Å². The van der Waals surface area contributed by atoms with Gasteiger partial charge < -0.3 is 9.64 Å². The van der Waals surface area contributed by atoms with Crippen molar-refractivity contribution in [1.82, 2.24) is 14.6 Å². The summed E-state index contributed by atoms with van der Waals surface area (Å²) in [7, 11) is 1.65. The number of fused-ring (bicyclic) bond motifs is 4. The van der Waals surface area contributed by atoms with Crippen LogP contribution in [0.15, 0.2) is 53.7 Å². The molecule has 1 aliphatic heterocycles. The van der Waals surface area contributed by atoms with Gasteiger partial charge in [0.1, 0.15) is 5.75 Å². The van der Waals surface area contributed by atoms with Crippen LogP contribution < -0.4 is 9.64 Å². The molecule has 0 spiro atoms. The topological polar surface area (TPSA) is 59.7 Å². The van der Waals surface area contributed by atoms with Crippen molar-refractivity contribution in [2.24, 2.45) is 0 Å². The molecule has 3 heterocycles. The van der Waals surface area contributed by atoms with Crippen LogP contribution in [0.2, 0.25) is 0 Å². The highest BCUT2D eigenvalue weighted by molar-refractivity contribution is 7.99. The fourth-order valence-corrected chi connectivity index (χ4v) is 5.05. The van der Waals surface area contributed by atoms with Gasteiger partial charge in [0.15, 0.2) is 10.8 Å². The number of anilines is 1. The van der Waals surface area contributed by atoms with Crippen LogP contribution in [0, 0.1) is 6.92 Å². The number of aromatic nitrogens is 3. The molecule has 0 saturated heterocycles. The van der Waals surface area contributed by atoms with E-state index >= 15 is 0 Å². The van der Waals surface area contributed by atoms with Gasteiger partial charge in [-0.25, -0.2) is 0 Å². The van der Waals surface area contributed by atoms with E-state index in [9.17, 15) is 4.79 Å². The monoisotopic (exact) mass is 418 g/mol. The van der Waals surface area contributed by atoms with Crippen molar-refractivity contribution in [3.63, 3.8) is 0 Å². The molecule has 4 aromatic rings. The van der Waals surface area contributed by atoms with E-state index in [2.05, 4.69) is 29.3 Å². The van der Waals surface area contributed by atoms with Crippen LogP contribution in [0.1, 0.15) is 18.1 Å². The molecule has 0 unspecified atom stereocenters. The van der Waals surface area contributed by atoms with E-state index in [1.165, 1.54) is 17.3 Å². The highest BCUT2D eigenvalue weighted by Crippen LogP contribution is 2.33. The molecule has 0 aliphatic carbocycles. The normalized spacial score (nSPS) is 15.7. The highest BCUT2D eigenvalue weighted by Gasteiger charge is 2.30. The maximum absolute atomic E-state index is 13.1. The minimum Gasteiger partial charge on any atom is -0.497 e. The molecule has 0 N–H and O–H groups in total. The van der Waals surface area contributed by atoms with Crippen molar-refractivity contribution in [2.75, 3.05) is 17.8 Å². The van der Waals surface area contributed by atoms with E-state index in [-0.39, 0.29) is 11.9 Å². The second-order valence-corrected chi connectivity index (χ2v) is 8.57. The number of amides is 1. The first-order valence-electron chi connectivity index (χ1n) is 9.92. The lowest BCUT2D eigenvalue weighted by Gasteiger charge is -2.22. The zero-order valence-corrected chi connectivity index (χ0v) is 17.9. The van der Waals surface area contributed by atoms with Gasteiger partial charge in [0.2, 0.25) is 5.91 Å². The standard InChI is InChI=1S/C23H22N4O2S/c1-14-10-17-8-9-18(29-3)12-20(17)27-22(14)24-25-23(27)30-13-21(28)26-15(2)11-16-6-4-5-7-19(16)26/h4-10,12,15H,11,13H2,1-3H3/t15-/m0/s1. The van der Waals surface area contributed by atoms with E-state index in [1.54, 1.807) is 7.11 Å². The number of para-hydroxylation sites is 1. The molecule has 2 aromatic carbocycles. The maximum atomic E-state index is 13.1. The van der Waals surface area contributed by atoms with Crippen molar-refractivity contribution >= 4 is 39.9 Å². The second-order valence-electron chi connectivity index (χ2n) is 7.63. The molecule has 5 rings (SSSR count). The molecule has 0 bridgehead atoms. The first-order valence-corrected chi connectivity index (χ1v) is 10.9. The smallest absolute Gasteiger partial charge is 0.237 e. The Morgan fingerprint density at radius 3 is 2.87 bits per heavy atom. The molecule has 7 heteroatoms. The number of rotatable bonds is 4. The summed E-state index contributed by atoms with van der Waals surface area (Å²) in [6, 6.07) is 16.4. The Morgan fingerprint density at radius 1 is 1.20 bits per heavy atom. The van der Waals surface area contributed by atoms with Crippen molar-refractivity contribution in [3.8, 4) is 5.75 Å². The second kappa shape index (κ2) is 7.32. The van der Waals surface area contributed by atoms with Crippen LogP contribution in [-0.4, -0.2) is 39.4 Å². The average molecular weight is 419 g/mol. The largest absolute Gasteiger partial charge is 0.497 e. The first kappa shape index (κ1) is 18.9. The fraction of sp³-hybridized carbons (Fsp3) is 0.261. The minimum atomic E-state index is 0.0868. The molecule has 2 aromatic heterocycles. The highest BCUT2D eigenvalue weighted by atomic mass is 32.2. The number of carbonyl (C=O) groups is 1. The summed E-state index contributed by atoms with van der Waals surface area (Å²) >= 11 is 1.42. The minimum absolute atomic E-state index is 0.0868. The Kier molecular flexibility index (Phi) is 4.62. The summed E-state index contributed by atoms with van der Waals surface area (Å²) in [6.07, 6.45) is 0.893. The number of nitrogens with zero attached hydrogens (tertiary/aromatic N) is 4. The summed E-state index contributed by atoms with van der Waals surface area (Å²) in [4.78, 5) is 15.0. The van der Waals surface area contributed by atoms with Gasteiger partial charge in [-0.2, -0.15) is 0 Å². The SMILES string of the molecule is COc1ccc2cc(C)c3nnc(SCC(=O)N4c5ccccc5C[C@@H]4C)n3c2c1. The Morgan fingerprint density at radius 2 is 2.03 bits per heavy atom. The fourth-order valence-electron chi connectivity index (χ4n) is 4.24. The predicted octanol–water partition coefficient (Wildman–Crippen LogP) is 4.27. The van der Waals surface area contributed by atoms with Gasteiger partial charge in [-0.15, -0.1) is 10.2 Å². The number of pyridine rings is 1. The Bertz CT molecular complexity index is 1280. The molecular formula is C23H22N4O2S. The van der Waals surface area contributed by atoms with Gasteiger partial charge in [0.25, 0.3) is 0 Å². The van der Waals surface area contributed by atoms with Crippen LogP contribution in [-0.2, 0) is 11.2 Å². The van der Waals surface area contributed by atoms with Crippen LogP contribution in [0.3, 0.4) is 0 Å². The number of thioether (sulfide) groups is 1. The van der Waals surface area contributed by atoms with Crippen LogP contribution in [0.4, 0.5) is 5.69 Å². The summed E-state index contributed by atoms with van der Waals surface area (Å²) in [6.45, 7) is 4.12. The van der Waals surface area contributed by atoms with E-state index in [0.29, 0.717) is 10.9 Å². The van der Waals surface area contributed by atoms with E-state index in [1.807, 2.05) is 52.6 Å². The van der Waals surface area contributed by atoms with Gasteiger partial charge in [-0.05, 0) is 61.0 Å². The molecular weight excluding hydrogens is 396 g/mol. The lowest BCUT2D eigenvalue weighted by atomic mass is 10.1.